The SMILES string of the molecule is COc1cc(NC(=O)c2cnc(SC)n2-c2ccccc2)c(OC)cc1NC(=O)c1ccccc1. The average molecular weight is 489 g/mol. The second-order valence-electron chi connectivity index (χ2n) is 7.33. The Bertz CT molecular complexity index is 1340. The third-order valence-electron chi connectivity index (χ3n) is 5.21. The summed E-state index contributed by atoms with van der Waals surface area (Å²) in [6, 6.07) is 21.6. The minimum Gasteiger partial charge on any atom is -0.494 e. The highest BCUT2D eigenvalue weighted by molar-refractivity contribution is 7.98. The first kappa shape index (κ1) is 23.9. The molecule has 0 fully saturated rings. The lowest BCUT2D eigenvalue weighted by Gasteiger charge is -2.17. The van der Waals surface area contributed by atoms with Gasteiger partial charge in [0.05, 0.1) is 31.8 Å². The number of hydrogen-bond donors (Lipinski definition) is 2. The first-order valence-electron chi connectivity index (χ1n) is 10.7. The molecule has 0 aliphatic rings. The number of ether oxygens (including phenoxy) is 2. The minimum atomic E-state index is -0.372. The van der Waals surface area contributed by atoms with Crippen molar-refractivity contribution in [3.8, 4) is 17.2 Å². The van der Waals surface area contributed by atoms with Crippen molar-refractivity contribution in [1.82, 2.24) is 9.55 Å². The molecule has 0 saturated carbocycles. The maximum absolute atomic E-state index is 13.3. The molecule has 0 saturated heterocycles. The van der Waals surface area contributed by atoms with Gasteiger partial charge in [-0.05, 0) is 30.5 Å². The van der Waals surface area contributed by atoms with Crippen LogP contribution in [0.15, 0.2) is 84.1 Å². The summed E-state index contributed by atoms with van der Waals surface area (Å²) in [6.45, 7) is 0. The van der Waals surface area contributed by atoms with E-state index in [0.717, 1.165) is 5.69 Å². The number of anilines is 2. The number of nitrogens with zero attached hydrogens (tertiary/aromatic N) is 2. The molecule has 0 radical (unpaired) electrons. The molecule has 0 bridgehead atoms. The molecule has 3 aromatic carbocycles. The van der Waals surface area contributed by atoms with Crippen LogP contribution in [0.3, 0.4) is 0 Å². The molecule has 0 aliphatic heterocycles. The zero-order chi connectivity index (χ0) is 24.8. The van der Waals surface area contributed by atoms with Gasteiger partial charge in [-0.25, -0.2) is 4.98 Å². The Labute approximate surface area is 207 Å². The van der Waals surface area contributed by atoms with Crippen molar-refractivity contribution >= 4 is 35.0 Å². The first-order valence-corrected chi connectivity index (χ1v) is 11.9. The van der Waals surface area contributed by atoms with Gasteiger partial charge in [0.1, 0.15) is 17.2 Å². The quantitative estimate of drug-likeness (QED) is 0.335. The molecule has 2 amide bonds. The second-order valence-corrected chi connectivity index (χ2v) is 8.10. The third-order valence-corrected chi connectivity index (χ3v) is 5.87. The maximum Gasteiger partial charge on any atom is 0.274 e. The largest absolute Gasteiger partial charge is 0.494 e. The van der Waals surface area contributed by atoms with Crippen LogP contribution in [0.4, 0.5) is 11.4 Å². The second kappa shape index (κ2) is 10.8. The number of methoxy groups -OCH3 is 2. The summed E-state index contributed by atoms with van der Waals surface area (Å²) in [5, 5.41) is 6.40. The van der Waals surface area contributed by atoms with Crippen LogP contribution in [0.1, 0.15) is 20.8 Å². The van der Waals surface area contributed by atoms with Crippen LogP contribution in [-0.4, -0.2) is 41.8 Å². The van der Waals surface area contributed by atoms with E-state index in [1.807, 2.05) is 42.7 Å². The summed E-state index contributed by atoms with van der Waals surface area (Å²) in [7, 11) is 2.97. The van der Waals surface area contributed by atoms with Crippen molar-refractivity contribution in [3.63, 3.8) is 0 Å². The predicted molar refractivity (Wildman–Crippen MR) is 137 cm³/mol. The van der Waals surface area contributed by atoms with Crippen LogP contribution in [0.2, 0.25) is 0 Å². The van der Waals surface area contributed by atoms with E-state index < -0.39 is 0 Å². The van der Waals surface area contributed by atoms with Crippen molar-refractivity contribution in [3.05, 3.63) is 90.3 Å². The number of carbonyl (C=O) groups is 2. The number of thioether (sulfide) groups is 1. The number of benzene rings is 3. The Morgan fingerprint density at radius 1 is 0.829 bits per heavy atom. The molecule has 1 aromatic heterocycles. The van der Waals surface area contributed by atoms with Gasteiger partial charge in [0.15, 0.2) is 5.16 Å². The molecule has 9 heteroatoms. The lowest BCUT2D eigenvalue weighted by molar-refractivity contribution is 0.101. The summed E-state index contributed by atoms with van der Waals surface area (Å²) in [4.78, 5) is 30.3. The fourth-order valence-electron chi connectivity index (χ4n) is 3.53. The molecule has 0 aliphatic carbocycles. The van der Waals surface area contributed by atoms with E-state index in [2.05, 4.69) is 15.6 Å². The number of nitrogens with one attached hydrogen (secondary N) is 2. The minimum absolute atomic E-state index is 0.293. The van der Waals surface area contributed by atoms with Crippen LogP contribution in [0.25, 0.3) is 5.69 Å². The lowest BCUT2D eigenvalue weighted by Crippen LogP contribution is -2.18. The van der Waals surface area contributed by atoms with Crippen molar-refractivity contribution in [2.45, 2.75) is 5.16 Å². The summed E-state index contributed by atoms with van der Waals surface area (Å²) < 4.78 is 12.8. The van der Waals surface area contributed by atoms with E-state index in [9.17, 15) is 9.59 Å². The number of rotatable bonds is 8. The zero-order valence-electron chi connectivity index (χ0n) is 19.4. The normalized spacial score (nSPS) is 10.5. The van der Waals surface area contributed by atoms with Gasteiger partial charge in [-0.3, -0.25) is 14.2 Å². The first-order chi connectivity index (χ1) is 17.0. The van der Waals surface area contributed by atoms with Gasteiger partial charge in [0.25, 0.3) is 11.8 Å². The van der Waals surface area contributed by atoms with Crippen molar-refractivity contribution < 1.29 is 19.1 Å². The van der Waals surface area contributed by atoms with Crippen molar-refractivity contribution in [1.29, 1.82) is 0 Å². The van der Waals surface area contributed by atoms with E-state index in [-0.39, 0.29) is 11.8 Å². The number of aromatic nitrogens is 2. The van der Waals surface area contributed by atoms with E-state index >= 15 is 0 Å². The van der Waals surface area contributed by atoms with Gasteiger partial charge in [0.2, 0.25) is 0 Å². The molecular formula is C26H24N4O4S. The zero-order valence-corrected chi connectivity index (χ0v) is 20.3. The Morgan fingerprint density at radius 2 is 1.37 bits per heavy atom. The average Bonchev–Trinajstić information content (AvgIpc) is 3.34. The van der Waals surface area contributed by atoms with Crippen LogP contribution in [0.5, 0.6) is 11.5 Å². The van der Waals surface area contributed by atoms with E-state index in [4.69, 9.17) is 9.47 Å². The lowest BCUT2D eigenvalue weighted by atomic mass is 10.2. The monoisotopic (exact) mass is 488 g/mol. The van der Waals surface area contributed by atoms with Gasteiger partial charge < -0.3 is 20.1 Å². The maximum atomic E-state index is 13.3. The number of imidazole rings is 1. The van der Waals surface area contributed by atoms with Crippen LogP contribution in [0, 0.1) is 0 Å². The summed E-state index contributed by atoms with van der Waals surface area (Å²) in [5.74, 6) is 0.0623. The van der Waals surface area contributed by atoms with Gasteiger partial charge in [0, 0.05) is 23.4 Å². The molecule has 4 rings (SSSR count). The van der Waals surface area contributed by atoms with Gasteiger partial charge in [-0.2, -0.15) is 0 Å². The Morgan fingerprint density at radius 3 is 1.91 bits per heavy atom. The van der Waals surface area contributed by atoms with Gasteiger partial charge >= 0.3 is 0 Å². The summed E-state index contributed by atoms with van der Waals surface area (Å²) in [5.41, 5.74) is 2.49. The number of amides is 2. The molecule has 0 unspecified atom stereocenters. The van der Waals surface area contributed by atoms with E-state index in [1.165, 1.54) is 32.2 Å². The fraction of sp³-hybridized carbons (Fsp3) is 0.115. The number of hydrogen-bond acceptors (Lipinski definition) is 6. The highest BCUT2D eigenvalue weighted by Gasteiger charge is 2.21. The molecule has 0 atom stereocenters. The fourth-order valence-corrected chi connectivity index (χ4v) is 4.07. The van der Waals surface area contributed by atoms with Gasteiger partial charge in [-0.15, -0.1) is 0 Å². The van der Waals surface area contributed by atoms with E-state index in [1.54, 1.807) is 41.0 Å². The molecule has 0 spiro atoms. The molecule has 178 valence electrons. The Hall–Kier alpha value is -4.24. The highest BCUT2D eigenvalue weighted by Crippen LogP contribution is 2.37. The highest BCUT2D eigenvalue weighted by atomic mass is 32.2. The van der Waals surface area contributed by atoms with Gasteiger partial charge in [-0.1, -0.05) is 48.2 Å². The number of carbonyl (C=O) groups excluding carboxylic acids is 2. The van der Waals surface area contributed by atoms with Crippen molar-refractivity contribution in [2.75, 3.05) is 31.1 Å². The summed E-state index contributed by atoms with van der Waals surface area (Å²) >= 11 is 1.44. The van der Waals surface area contributed by atoms with Crippen molar-refractivity contribution in [2.24, 2.45) is 0 Å². The van der Waals surface area contributed by atoms with Crippen LogP contribution >= 0.6 is 11.8 Å². The topological polar surface area (TPSA) is 94.5 Å². The molecular weight excluding hydrogens is 464 g/mol. The number of para-hydroxylation sites is 1. The molecule has 35 heavy (non-hydrogen) atoms. The van der Waals surface area contributed by atoms with E-state index in [0.29, 0.717) is 39.3 Å². The molecule has 1 heterocycles. The summed E-state index contributed by atoms with van der Waals surface area (Å²) in [6.07, 6.45) is 3.44. The molecule has 4 aromatic rings. The van der Waals surface area contributed by atoms with Crippen LogP contribution in [-0.2, 0) is 0 Å². The standard InChI is InChI=1S/C26H24N4O4S/c1-33-22-15-20(23(34-2)14-19(22)28-24(31)17-10-6-4-7-11-17)29-25(32)21-16-27-26(35-3)30(21)18-12-8-5-9-13-18/h4-16H,1-3H3,(H,28,31)(H,29,32). The Balaban J connectivity index is 1.64. The predicted octanol–water partition coefficient (Wildman–Crippen LogP) is 5.12. The smallest absolute Gasteiger partial charge is 0.274 e. The molecule has 8 nitrogen and oxygen atoms in total. The molecule has 2 N–H and O–H groups in total. The van der Waals surface area contributed by atoms with Crippen LogP contribution < -0.4 is 20.1 Å². The Kier molecular flexibility index (Phi) is 7.37. The third kappa shape index (κ3) is 5.15.